The fourth-order valence-corrected chi connectivity index (χ4v) is 4.54. The Kier molecular flexibility index (Phi) is 8.46. The number of aryl methyl sites for hydroxylation is 1. The number of aliphatic imine (C=N–C) groups is 2. The minimum absolute atomic E-state index is 0.0876. The maximum atomic E-state index is 11.2. The molecule has 3 heterocycles. The van der Waals surface area contributed by atoms with Crippen LogP contribution in [0.2, 0.25) is 0 Å². The zero-order chi connectivity index (χ0) is 27.4. The summed E-state index contributed by atoms with van der Waals surface area (Å²) >= 11 is 0. The summed E-state index contributed by atoms with van der Waals surface area (Å²) < 4.78 is 5.80. The molecule has 3 aliphatic rings. The van der Waals surface area contributed by atoms with Crippen LogP contribution in [0.1, 0.15) is 24.5 Å². The highest BCUT2D eigenvalue weighted by molar-refractivity contribution is 5.84. The van der Waals surface area contributed by atoms with Gasteiger partial charge in [0.2, 0.25) is 6.41 Å². The number of aliphatic hydroxyl groups is 3. The Morgan fingerprint density at radius 1 is 1.26 bits per heavy atom. The number of benzene rings is 1. The highest BCUT2D eigenvalue weighted by Crippen LogP contribution is 2.32. The third-order valence-electron chi connectivity index (χ3n) is 6.72. The fourth-order valence-electron chi connectivity index (χ4n) is 4.54. The molecule has 206 valence electrons. The van der Waals surface area contributed by atoms with E-state index in [0.29, 0.717) is 37.5 Å². The number of likely N-dealkylation sites (N-methyl/N-ethyl adjacent to an activating group) is 1. The van der Waals surface area contributed by atoms with Gasteiger partial charge in [0, 0.05) is 19.5 Å². The van der Waals surface area contributed by atoms with Crippen LogP contribution in [0.25, 0.3) is 0 Å². The molecule has 6 atom stereocenters. The highest BCUT2D eigenvalue weighted by Gasteiger charge is 2.52. The first kappa shape index (κ1) is 27.3. The van der Waals surface area contributed by atoms with Crippen molar-refractivity contribution in [1.29, 1.82) is 0 Å². The van der Waals surface area contributed by atoms with Gasteiger partial charge >= 0.3 is 5.97 Å². The van der Waals surface area contributed by atoms with Crippen LogP contribution in [0.4, 0.5) is 0 Å². The second kappa shape index (κ2) is 11.8. The molecule has 4 rings (SSSR count). The summed E-state index contributed by atoms with van der Waals surface area (Å²) in [6.45, 7) is 2.37. The van der Waals surface area contributed by atoms with Crippen molar-refractivity contribution in [2.75, 3.05) is 13.1 Å². The van der Waals surface area contributed by atoms with Gasteiger partial charge in [-0.15, -0.1) is 0 Å². The van der Waals surface area contributed by atoms with Crippen molar-refractivity contribution in [3.63, 3.8) is 0 Å². The van der Waals surface area contributed by atoms with E-state index in [1.165, 1.54) is 11.2 Å². The molecular weight excluding hydrogens is 498 g/mol. The molecule has 0 aliphatic carbocycles. The van der Waals surface area contributed by atoms with Crippen LogP contribution in [-0.4, -0.2) is 105 Å². The van der Waals surface area contributed by atoms with Gasteiger partial charge in [0.1, 0.15) is 24.0 Å². The van der Waals surface area contributed by atoms with Crippen molar-refractivity contribution in [1.82, 2.24) is 20.4 Å². The average molecular weight is 532 g/mol. The Morgan fingerprint density at radius 3 is 2.58 bits per heavy atom. The number of rotatable bonds is 11. The van der Waals surface area contributed by atoms with E-state index in [0.717, 1.165) is 16.0 Å². The van der Waals surface area contributed by atoms with Crippen molar-refractivity contribution in [3.8, 4) is 0 Å². The Morgan fingerprint density at radius 2 is 1.95 bits per heavy atom. The first-order valence-electron chi connectivity index (χ1n) is 12.3. The molecule has 0 spiro atoms. The lowest BCUT2D eigenvalue weighted by Crippen LogP contribution is -2.57. The number of guanidine groups is 1. The number of nitrogens with zero attached hydrogens (tertiary/aromatic N) is 4. The number of fused-ring (bicyclic) bond motifs is 1. The first-order valence-corrected chi connectivity index (χ1v) is 12.3. The molecule has 0 saturated carbocycles. The van der Waals surface area contributed by atoms with Gasteiger partial charge < -0.3 is 51.3 Å². The largest absolute Gasteiger partial charge is 0.481 e. The standard InChI is InChI=1S/C24H33N7O7/c1-2-30(12-32)22(37)19-17(35)18(36)23(38-19)31-11-27-16-20(25)28-24(29-21(16)31)26-10-9-14-5-3-13(4-6-14)7-8-15(33)34/h3-6,11-12,17-19,21-23,35-37H,2,7-10,25H2,1H3,(H,33,34)(H2,26,28,29)/t17-,18+,19-,21?,22?,23+/m0/s1. The van der Waals surface area contributed by atoms with Crippen LogP contribution in [-0.2, 0) is 27.2 Å². The van der Waals surface area contributed by atoms with E-state index in [-0.39, 0.29) is 18.8 Å². The van der Waals surface area contributed by atoms with E-state index in [1.807, 2.05) is 24.3 Å². The molecule has 1 aromatic carbocycles. The Labute approximate surface area is 219 Å². The molecule has 2 unspecified atom stereocenters. The number of ether oxygens (including phenoxy) is 1. The lowest BCUT2D eigenvalue weighted by atomic mass is 10.1. The molecule has 1 amide bonds. The van der Waals surface area contributed by atoms with Gasteiger partial charge in [-0.1, -0.05) is 24.3 Å². The average Bonchev–Trinajstić information content (AvgIpc) is 3.45. The molecule has 0 radical (unpaired) electrons. The molecule has 8 N–H and O–H groups in total. The van der Waals surface area contributed by atoms with E-state index in [1.54, 1.807) is 6.92 Å². The van der Waals surface area contributed by atoms with Crippen molar-refractivity contribution in [2.45, 2.75) is 63.1 Å². The monoisotopic (exact) mass is 531 g/mol. The summed E-state index contributed by atoms with van der Waals surface area (Å²) in [6.07, 6.45) is -4.17. The van der Waals surface area contributed by atoms with Gasteiger partial charge in [-0.05, 0) is 30.9 Å². The fraction of sp³-hybridized carbons (Fsp3) is 0.500. The maximum absolute atomic E-state index is 11.2. The van der Waals surface area contributed by atoms with Crippen LogP contribution >= 0.6 is 0 Å². The summed E-state index contributed by atoms with van der Waals surface area (Å²) in [5, 5.41) is 46.9. The highest BCUT2D eigenvalue weighted by atomic mass is 16.6. The first-order chi connectivity index (χ1) is 18.2. The molecule has 14 heteroatoms. The number of carboxylic acids is 1. The summed E-state index contributed by atoms with van der Waals surface area (Å²) in [5.41, 5.74) is 8.55. The second-order valence-electron chi connectivity index (χ2n) is 9.18. The van der Waals surface area contributed by atoms with E-state index in [9.17, 15) is 24.9 Å². The molecular formula is C24H33N7O7. The number of carboxylic acid groups (broad SMARTS) is 1. The van der Waals surface area contributed by atoms with E-state index in [2.05, 4.69) is 20.6 Å². The van der Waals surface area contributed by atoms with Gasteiger partial charge in [-0.25, -0.2) is 4.99 Å². The number of nitrogens with one attached hydrogen (secondary N) is 2. The molecule has 1 saturated heterocycles. The zero-order valence-corrected chi connectivity index (χ0v) is 20.8. The quantitative estimate of drug-likeness (QED) is 0.121. The van der Waals surface area contributed by atoms with Gasteiger partial charge in [-0.2, -0.15) is 4.99 Å². The van der Waals surface area contributed by atoms with E-state index in [4.69, 9.17) is 15.6 Å². The predicted octanol–water partition coefficient (Wildman–Crippen LogP) is -2.16. The lowest BCUT2D eigenvalue weighted by molar-refractivity contribution is -0.156. The third kappa shape index (κ3) is 5.72. The Hall–Kier alpha value is -3.72. The molecule has 38 heavy (non-hydrogen) atoms. The lowest BCUT2D eigenvalue weighted by Gasteiger charge is -2.34. The van der Waals surface area contributed by atoms with Crippen LogP contribution in [0.15, 0.2) is 45.8 Å². The Balaban J connectivity index is 1.35. The number of carbonyl (C=O) groups excluding carboxylic acids is 1. The van der Waals surface area contributed by atoms with Crippen molar-refractivity contribution in [3.05, 3.63) is 46.9 Å². The van der Waals surface area contributed by atoms with Gasteiger partial charge in [0.25, 0.3) is 0 Å². The maximum Gasteiger partial charge on any atom is 0.303 e. The molecule has 0 aromatic heterocycles. The number of amides is 1. The second-order valence-corrected chi connectivity index (χ2v) is 9.18. The van der Waals surface area contributed by atoms with Crippen LogP contribution < -0.4 is 16.4 Å². The number of hydrogen-bond acceptors (Lipinski definition) is 12. The Bertz CT molecular complexity index is 1110. The van der Waals surface area contributed by atoms with Crippen molar-refractivity contribution >= 4 is 24.7 Å². The normalized spacial score (nSPS) is 27.0. The molecule has 1 fully saturated rings. The predicted molar refractivity (Wildman–Crippen MR) is 135 cm³/mol. The number of aliphatic carboxylic acids is 1. The topological polar surface area (TPSA) is 206 Å². The summed E-state index contributed by atoms with van der Waals surface area (Å²) in [7, 11) is 0. The molecule has 3 aliphatic heterocycles. The van der Waals surface area contributed by atoms with Gasteiger partial charge in [0.05, 0.1) is 6.34 Å². The van der Waals surface area contributed by atoms with E-state index < -0.39 is 42.9 Å². The molecule has 0 bridgehead atoms. The summed E-state index contributed by atoms with van der Waals surface area (Å²) in [4.78, 5) is 33.1. The molecule has 1 aromatic rings. The number of aliphatic hydroxyl groups excluding tert-OH is 3. The van der Waals surface area contributed by atoms with Crippen molar-refractivity contribution < 1.29 is 34.8 Å². The molecule has 14 nitrogen and oxygen atoms in total. The minimum atomic E-state index is -1.45. The van der Waals surface area contributed by atoms with Crippen LogP contribution in [0.3, 0.4) is 0 Å². The van der Waals surface area contributed by atoms with Crippen LogP contribution in [0, 0.1) is 0 Å². The van der Waals surface area contributed by atoms with Crippen molar-refractivity contribution in [2.24, 2.45) is 15.7 Å². The summed E-state index contributed by atoms with van der Waals surface area (Å²) in [5.74, 6) is -0.279. The van der Waals surface area contributed by atoms with E-state index >= 15 is 0 Å². The third-order valence-corrected chi connectivity index (χ3v) is 6.72. The number of nitrogens with two attached hydrogens (primary N) is 1. The SMILES string of the molecule is CCN(C=O)C(O)[C@H]1O[C@@H](N2C=NC3=C(N)N=C(NCCc4ccc(CCC(=O)O)cc4)NC32)[C@H](O)[C@@H]1O. The minimum Gasteiger partial charge on any atom is -0.481 e. The number of hydrogen-bond donors (Lipinski definition) is 7. The van der Waals surface area contributed by atoms with Gasteiger partial charge in [0.15, 0.2) is 30.4 Å². The van der Waals surface area contributed by atoms with Gasteiger partial charge in [-0.3, -0.25) is 9.59 Å². The smallest absolute Gasteiger partial charge is 0.303 e. The number of carbonyl (C=O) groups is 2. The van der Waals surface area contributed by atoms with Crippen LogP contribution in [0.5, 0.6) is 0 Å². The zero-order valence-electron chi connectivity index (χ0n) is 20.8. The summed E-state index contributed by atoms with van der Waals surface area (Å²) in [6, 6.07) is 7.73.